The van der Waals surface area contributed by atoms with E-state index in [1.165, 1.54) is 23.9 Å². The maximum absolute atomic E-state index is 12.5. The summed E-state index contributed by atoms with van der Waals surface area (Å²) in [5, 5.41) is 14.5. The molecule has 0 unspecified atom stereocenters. The summed E-state index contributed by atoms with van der Waals surface area (Å²) in [5.41, 5.74) is 4.64. The van der Waals surface area contributed by atoms with Crippen molar-refractivity contribution in [3.05, 3.63) is 82.4 Å². The highest BCUT2D eigenvalue weighted by atomic mass is 32.2. The number of ether oxygens (including phenoxy) is 2. The molecule has 4 rings (SSSR count). The number of nitrogens with one attached hydrogen (secondary N) is 2. The summed E-state index contributed by atoms with van der Waals surface area (Å²) in [6.07, 6.45) is 0.212. The lowest BCUT2D eigenvalue weighted by molar-refractivity contribution is -0.384. The first kappa shape index (κ1) is 25.8. The average molecular weight is 519 g/mol. The molecule has 1 heterocycles. The van der Waals surface area contributed by atoms with Crippen LogP contribution in [0.3, 0.4) is 0 Å². The predicted molar refractivity (Wildman–Crippen MR) is 144 cm³/mol. The molecular weight excluding hydrogens is 492 g/mol. The molecule has 1 amide bonds. The van der Waals surface area contributed by atoms with Gasteiger partial charge in [-0.1, -0.05) is 17.8 Å². The summed E-state index contributed by atoms with van der Waals surface area (Å²) in [4.78, 5) is 31.3. The van der Waals surface area contributed by atoms with Gasteiger partial charge in [0.15, 0.2) is 5.16 Å². The number of aromatic nitrogens is 2. The second-order valence-corrected chi connectivity index (χ2v) is 9.21. The number of carbonyl (C=O) groups is 1. The molecule has 4 aromatic rings. The molecule has 9 nitrogen and oxygen atoms in total. The second kappa shape index (κ2) is 11.6. The first-order valence-electron chi connectivity index (χ1n) is 11.4. The third kappa shape index (κ3) is 6.28. The summed E-state index contributed by atoms with van der Waals surface area (Å²) in [6, 6.07) is 19.8. The molecule has 0 radical (unpaired) electrons. The van der Waals surface area contributed by atoms with Crippen molar-refractivity contribution in [2.75, 3.05) is 25.3 Å². The van der Waals surface area contributed by atoms with Crippen LogP contribution in [0.2, 0.25) is 0 Å². The number of H-pyrrole nitrogens is 1. The Balaban J connectivity index is 1.49. The second-order valence-electron chi connectivity index (χ2n) is 8.13. The number of thioether (sulfide) groups is 1. The average Bonchev–Trinajstić information content (AvgIpc) is 3.34. The third-order valence-electron chi connectivity index (χ3n) is 5.70. The highest BCUT2D eigenvalue weighted by molar-refractivity contribution is 7.99. The molecule has 0 saturated carbocycles. The quantitative estimate of drug-likeness (QED) is 0.148. The molecule has 0 bridgehead atoms. The van der Waals surface area contributed by atoms with Gasteiger partial charge < -0.3 is 19.8 Å². The zero-order valence-corrected chi connectivity index (χ0v) is 21.4. The van der Waals surface area contributed by atoms with Gasteiger partial charge >= 0.3 is 0 Å². The fourth-order valence-corrected chi connectivity index (χ4v) is 4.47. The summed E-state index contributed by atoms with van der Waals surface area (Å²) in [7, 11) is 3.25. The maximum atomic E-state index is 12.5. The molecule has 37 heavy (non-hydrogen) atoms. The van der Waals surface area contributed by atoms with Gasteiger partial charge in [0.05, 0.1) is 36.2 Å². The van der Waals surface area contributed by atoms with E-state index in [-0.39, 0.29) is 18.0 Å². The van der Waals surface area contributed by atoms with Gasteiger partial charge in [0, 0.05) is 35.4 Å². The number of non-ortho nitro benzene ring substituents is 1. The first-order valence-corrected chi connectivity index (χ1v) is 12.4. The molecule has 2 N–H and O–H groups in total. The van der Waals surface area contributed by atoms with Crippen LogP contribution >= 0.6 is 11.8 Å². The van der Waals surface area contributed by atoms with Gasteiger partial charge in [-0.15, -0.1) is 0 Å². The SMILES string of the molecule is COc1ccc(-c2nc(SCCC(=O)Nc3cc([N+](=O)[O-])ccc3C)[nH]c2-c2ccc(OC)cc2)cc1. The fraction of sp³-hybridized carbons (Fsp3) is 0.185. The van der Waals surface area contributed by atoms with Gasteiger partial charge in [-0.2, -0.15) is 0 Å². The van der Waals surface area contributed by atoms with E-state index in [1.807, 2.05) is 48.5 Å². The largest absolute Gasteiger partial charge is 0.497 e. The van der Waals surface area contributed by atoms with Gasteiger partial charge in [0.25, 0.3) is 5.69 Å². The van der Waals surface area contributed by atoms with Crippen molar-refractivity contribution in [2.45, 2.75) is 18.5 Å². The lowest BCUT2D eigenvalue weighted by Crippen LogP contribution is -2.13. The van der Waals surface area contributed by atoms with Gasteiger partial charge in [-0.3, -0.25) is 14.9 Å². The topological polar surface area (TPSA) is 119 Å². The molecule has 0 atom stereocenters. The Bertz CT molecular complexity index is 1340. The molecule has 0 aliphatic rings. The molecule has 0 spiro atoms. The Morgan fingerprint density at radius 3 is 2.22 bits per heavy atom. The number of aryl methyl sites for hydroxylation is 1. The zero-order valence-electron chi connectivity index (χ0n) is 20.6. The zero-order chi connectivity index (χ0) is 26.4. The Labute approximate surface area is 218 Å². The van der Waals surface area contributed by atoms with E-state index in [9.17, 15) is 14.9 Å². The van der Waals surface area contributed by atoms with Gasteiger partial charge in [0.2, 0.25) is 5.91 Å². The number of aromatic amines is 1. The lowest BCUT2D eigenvalue weighted by atomic mass is 10.0. The minimum absolute atomic E-state index is 0.0667. The number of hydrogen-bond acceptors (Lipinski definition) is 7. The van der Waals surface area contributed by atoms with Crippen LogP contribution in [0.4, 0.5) is 11.4 Å². The maximum Gasteiger partial charge on any atom is 0.271 e. The molecule has 190 valence electrons. The smallest absolute Gasteiger partial charge is 0.271 e. The van der Waals surface area contributed by atoms with Gasteiger partial charge in [-0.25, -0.2) is 4.98 Å². The van der Waals surface area contributed by atoms with E-state index < -0.39 is 4.92 Å². The summed E-state index contributed by atoms with van der Waals surface area (Å²) < 4.78 is 10.6. The highest BCUT2D eigenvalue weighted by Gasteiger charge is 2.16. The van der Waals surface area contributed by atoms with E-state index in [1.54, 1.807) is 27.2 Å². The first-order chi connectivity index (χ1) is 17.9. The number of rotatable bonds is 10. The minimum atomic E-state index is -0.483. The van der Waals surface area contributed by atoms with Crippen LogP contribution in [-0.4, -0.2) is 40.8 Å². The van der Waals surface area contributed by atoms with Crippen molar-refractivity contribution in [2.24, 2.45) is 0 Å². The van der Waals surface area contributed by atoms with Crippen LogP contribution < -0.4 is 14.8 Å². The monoisotopic (exact) mass is 518 g/mol. The Hall–Kier alpha value is -4.31. The molecule has 0 aliphatic heterocycles. The van der Waals surface area contributed by atoms with E-state index in [0.29, 0.717) is 16.6 Å². The lowest BCUT2D eigenvalue weighted by Gasteiger charge is -2.07. The van der Waals surface area contributed by atoms with Crippen molar-refractivity contribution in [1.82, 2.24) is 9.97 Å². The van der Waals surface area contributed by atoms with Crippen molar-refractivity contribution >= 4 is 29.0 Å². The van der Waals surface area contributed by atoms with Crippen molar-refractivity contribution in [3.8, 4) is 34.0 Å². The van der Waals surface area contributed by atoms with Crippen LogP contribution in [-0.2, 0) is 4.79 Å². The molecule has 1 aromatic heterocycles. The number of methoxy groups -OCH3 is 2. The number of imidazole rings is 1. The number of nitro benzene ring substituents is 1. The number of benzene rings is 3. The van der Waals surface area contributed by atoms with Crippen LogP contribution in [0.15, 0.2) is 71.9 Å². The molecular formula is C27H26N4O5S. The molecule has 0 saturated heterocycles. The third-order valence-corrected chi connectivity index (χ3v) is 6.57. The summed E-state index contributed by atoms with van der Waals surface area (Å²) in [5.74, 6) is 1.75. The normalized spacial score (nSPS) is 10.7. The van der Waals surface area contributed by atoms with E-state index >= 15 is 0 Å². The number of hydrogen-bond donors (Lipinski definition) is 2. The van der Waals surface area contributed by atoms with Crippen LogP contribution in [0.25, 0.3) is 22.5 Å². The van der Waals surface area contributed by atoms with Crippen LogP contribution in [0.1, 0.15) is 12.0 Å². The Kier molecular flexibility index (Phi) is 8.09. The Morgan fingerprint density at radius 1 is 1.00 bits per heavy atom. The number of carbonyl (C=O) groups excluding carboxylic acids is 1. The van der Waals surface area contributed by atoms with Crippen molar-refractivity contribution in [1.29, 1.82) is 0 Å². The van der Waals surface area contributed by atoms with Gasteiger partial charge in [0.1, 0.15) is 11.5 Å². The summed E-state index contributed by atoms with van der Waals surface area (Å²) >= 11 is 1.43. The highest BCUT2D eigenvalue weighted by Crippen LogP contribution is 2.34. The number of anilines is 1. The van der Waals surface area contributed by atoms with Gasteiger partial charge in [-0.05, 0) is 61.0 Å². The minimum Gasteiger partial charge on any atom is -0.497 e. The van der Waals surface area contributed by atoms with Crippen LogP contribution in [0, 0.1) is 17.0 Å². The standard InChI is InChI=1S/C27H26N4O5S/c1-17-4-9-20(31(33)34)16-23(17)28-24(32)14-15-37-27-29-25(18-5-10-21(35-2)11-6-18)26(30-27)19-7-12-22(36-3)13-8-19/h4-13,16H,14-15H2,1-3H3,(H,28,32)(H,29,30). The summed E-state index contributed by atoms with van der Waals surface area (Å²) in [6.45, 7) is 1.79. The molecule has 10 heteroatoms. The molecule has 3 aromatic carbocycles. The van der Waals surface area contributed by atoms with E-state index in [4.69, 9.17) is 14.5 Å². The fourth-order valence-electron chi connectivity index (χ4n) is 3.66. The van der Waals surface area contributed by atoms with E-state index in [2.05, 4.69) is 10.3 Å². The van der Waals surface area contributed by atoms with Crippen molar-refractivity contribution in [3.63, 3.8) is 0 Å². The number of amides is 1. The molecule has 0 fully saturated rings. The molecule has 0 aliphatic carbocycles. The number of nitrogens with zero attached hydrogens (tertiary/aromatic N) is 2. The predicted octanol–water partition coefficient (Wildman–Crippen LogP) is 6.10. The van der Waals surface area contributed by atoms with Crippen LogP contribution in [0.5, 0.6) is 11.5 Å². The number of nitro groups is 1. The Morgan fingerprint density at radius 2 is 1.62 bits per heavy atom. The van der Waals surface area contributed by atoms with Crippen molar-refractivity contribution < 1.29 is 19.2 Å². The van der Waals surface area contributed by atoms with E-state index in [0.717, 1.165) is 39.6 Å².